The van der Waals surface area contributed by atoms with Crippen LogP contribution >= 0.6 is 0 Å². The number of hydrogen-bond acceptors (Lipinski definition) is 2. The number of unbranched alkanes of at least 4 members (excludes halogenated alkanes) is 2. The molecule has 2 rings (SSSR count). The van der Waals surface area contributed by atoms with Crippen LogP contribution in [0.3, 0.4) is 0 Å². The lowest BCUT2D eigenvalue weighted by molar-refractivity contribution is 0.755. The Labute approximate surface area is 122 Å². The molecule has 2 nitrogen and oxygen atoms in total. The molecule has 0 amide bonds. The van der Waals surface area contributed by atoms with Crippen LogP contribution in [0.25, 0.3) is 11.4 Å². The highest BCUT2D eigenvalue weighted by Crippen LogP contribution is 2.25. The molecule has 106 valence electrons. The average molecular weight is 268 g/mol. The van der Waals surface area contributed by atoms with Crippen LogP contribution in [0.15, 0.2) is 36.7 Å². The van der Waals surface area contributed by atoms with Gasteiger partial charge in [0.15, 0.2) is 0 Å². The van der Waals surface area contributed by atoms with E-state index in [-0.39, 0.29) is 0 Å². The minimum Gasteiger partial charge on any atom is -0.255 e. The molecule has 0 saturated carbocycles. The maximum atomic E-state index is 4.61. The molecular weight excluding hydrogens is 244 g/mol. The fourth-order valence-electron chi connectivity index (χ4n) is 2.49. The lowest BCUT2D eigenvalue weighted by Gasteiger charge is -2.13. The molecule has 0 spiro atoms. The highest BCUT2D eigenvalue weighted by Gasteiger charge is 2.11. The minimum atomic E-state index is 0.997. The number of hydrogen-bond donors (Lipinski definition) is 0. The Hall–Kier alpha value is -1.70. The minimum absolute atomic E-state index is 0.997. The zero-order chi connectivity index (χ0) is 14.2. The molecule has 2 aromatic heterocycles. The lowest BCUT2D eigenvalue weighted by atomic mass is 9.95. The Balaban J connectivity index is 2.39. The third kappa shape index (κ3) is 3.66. The highest BCUT2D eigenvalue weighted by atomic mass is 14.8. The maximum absolute atomic E-state index is 4.61. The lowest BCUT2D eigenvalue weighted by Crippen LogP contribution is -2.01. The molecule has 0 N–H and O–H groups in total. The van der Waals surface area contributed by atoms with Gasteiger partial charge < -0.3 is 0 Å². The summed E-state index contributed by atoms with van der Waals surface area (Å²) in [5, 5.41) is 0. The summed E-state index contributed by atoms with van der Waals surface area (Å²) in [7, 11) is 0. The normalized spacial score (nSPS) is 10.7. The summed E-state index contributed by atoms with van der Waals surface area (Å²) in [6.45, 7) is 4.48. The number of aryl methyl sites for hydroxylation is 1. The first-order valence-corrected chi connectivity index (χ1v) is 7.75. The van der Waals surface area contributed by atoms with Gasteiger partial charge in [0.1, 0.15) is 0 Å². The summed E-state index contributed by atoms with van der Waals surface area (Å²) >= 11 is 0. The second-order valence-corrected chi connectivity index (χ2v) is 5.22. The standard InChI is InChI=1S/C18H24N2/c1-3-5-9-15-12-14-20-18(16(15)10-6-4-2)17-11-7-8-13-19-17/h7-8,11-14H,3-6,9-10H2,1-2H3. The van der Waals surface area contributed by atoms with Crippen molar-refractivity contribution in [2.75, 3.05) is 0 Å². The quantitative estimate of drug-likeness (QED) is 0.719. The molecule has 0 aliphatic carbocycles. The van der Waals surface area contributed by atoms with Gasteiger partial charge in [-0.1, -0.05) is 32.8 Å². The van der Waals surface area contributed by atoms with E-state index < -0.39 is 0 Å². The predicted octanol–water partition coefficient (Wildman–Crippen LogP) is 4.83. The number of rotatable bonds is 7. The average Bonchev–Trinajstić information content (AvgIpc) is 2.52. The molecule has 0 bridgehead atoms. The molecule has 2 aromatic rings. The molecule has 0 fully saturated rings. The van der Waals surface area contributed by atoms with Gasteiger partial charge in [-0.25, -0.2) is 0 Å². The summed E-state index contributed by atoms with van der Waals surface area (Å²) in [6, 6.07) is 8.23. The van der Waals surface area contributed by atoms with E-state index in [1.807, 2.05) is 24.5 Å². The van der Waals surface area contributed by atoms with E-state index in [2.05, 4.69) is 35.9 Å². The number of pyridine rings is 2. The largest absolute Gasteiger partial charge is 0.255 e. The summed E-state index contributed by atoms with van der Waals surface area (Å²) in [5.74, 6) is 0. The van der Waals surface area contributed by atoms with Crippen LogP contribution in [0, 0.1) is 0 Å². The second kappa shape index (κ2) is 7.78. The molecule has 0 aliphatic rings. The van der Waals surface area contributed by atoms with Gasteiger partial charge in [0, 0.05) is 12.4 Å². The van der Waals surface area contributed by atoms with E-state index in [1.165, 1.54) is 36.8 Å². The van der Waals surface area contributed by atoms with E-state index >= 15 is 0 Å². The maximum Gasteiger partial charge on any atom is 0.0920 e. The molecule has 0 radical (unpaired) electrons. The van der Waals surface area contributed by atoms with Gasteiger partial charge in [-0.3, -0.25) is 9.97 Å². The van der Waals surface area contributed by atoms with Crippen molar-refractivity contribution in [2.24, 2.45) is 0 Å². The fraction of sp³-hybridized carbons (Fsp3) is 0.444. The smallest absolute Gasteiger partial charge is 0.0920 e. The Bertz CT molecular complexity index is 520. The molecular formula is C18H24N2. The molecule has 20 heavy (non-hydrogen) atoms. The molecule has 0 saturated heterocycles. The van der Waals surface area contributed by atoms with Crippen LogP contribution in [0.5, 0.6) is 0 Å². The molecule has 2 heteroatoms. The van der Waals surface area contributed by atoms with Gasteiger partial charge >= 0.3 is 0 Å². The van der Waals surface area contributed by atoms with Crippen LogP contribution in [0.2, 0.25) is 0 Å². The van der Waals surface area contributed by atoms with Crippen molar-refractivity contribution in [1.82, 2.24) is 9.97 Å². The molecule has 2 heterocycles. The third-order valence-electron chi connectivity index (χ3n) is 3.64. The van der Waals surface area contributed by atoms with Gasteiger partial charge in [0.05, 0.1) is 11.4 Å². The van der Waals surface area contributed by atoms with Gasteiger partial charge in [-0.2, -0.15) is 0 Å². The van der Waals surface area contributed by atoms with Crippen LogP contribution in [-0.2, 0) is 12.8 Å². The Morgan fingerprint density at radius 2 is 1.65 bits per heavy atom. The summed E-state index contributed by atoms with van der Waals surface area (Å²) < 4.78 is 0. The zero-order valence-corrected chi connectivity index (χ0v) is 12.6. The van der Waals surface area contributed by atoms with Gasteiger partial charge in [-0.15, -0.1) is 0 Å². The zero-order valence-electron chi connectivity index (χ0n) is 12.6. The van der Waals surface area contributed by atoms with Crippen molar-refractivity contribution in [2.45, 2.75) is 52.4 Å². The molecule has 0 aromatic carbocycles. The topological polar surface area (TPSA) is 25.8 Å². The Morgan fingerprint density at radius 3 is 2.35 bits per heavy atom. The first kappa shape index (κ1) is 14.7. The predicted molar refractivity (Wildman–Crippen MR) is 84.7 cm³/mol. The molecule has 0 atom stereocenters. The Kier molecular flexibility index (Phi) is 5.72. The van der Waals surface area contributed by atoms with Crippen molar-refractivity contribution < 1.29 is 0 Å². The van der Waals surface area contributed by atoms with E-state index in [1.54, 1.807) is 0 Å². The van der Waals surface area contributed by atoms with E-state index in [0.29, 0.717) is 0 Å². The van der Waals surface area contributed by atoms with Gasteiger partial charge in [0.25, 0.3) is 0 Å². The first-order chi connectivity index (χ1) is 9.86. The van der Waals surface area contributed by atoms with Gasteiger partial charge in [0.2, 0.25) is 0 Å². The van der Waals surface area contributed by atoms with Crippen molar-refractivity contribution in [3.05, 3.63) is 47.8 Å². The van der Waals surface area contributed by atoms with Crippen LogP contribution in [0.1, 0.15) is 50.7 Å². The third-order valence-corrected chi connectivity index (χ3v) is 3.64. The summed E-state index contributed by atoms with van der Waals surface area (Å²) in [4.78, 5) is 9.08. The van der Waals surface area contributed by atoms with Crippen LogP contribution in [0.4, 0.5) is 0 Å². The van der Waals surface area contributed by atoms with Crippen molar-refractivity contribution in [1.29, 1.82) is 0 Å². The van der Waals surface area contributed by atoms with Crippen molar-refractivity contribution in [3.63, 3.8) is 0 Å². The van der Waals surface area contributed by atoms with Crippen LogP contribution < -0.4 is 0 Å². The van der Waals surface area contributed by atoms with E-state index in [4.69, 9.17) is 0 Å². The molecule has 0 unspecified atom stereocenters. The Morgan fingerprint density at radius 1 is 0.850 bits per heavy atom. The first-order valence-electron chi connectivity index (χ1n) is 7.75. The molecule has 0 aliphatic heterocycles. The summed E-state index contributed by atoms with van der Waals surface area (Å²) in [5.41, 5.74) is 4.93. The fourth-order valence-corrected chi connectivity index (χ4v) is 2.49. The van der Waals surface area contributed by atoms with Crippen molar-refractivity contribution in [3.8, 4) is 11.4 Å². The van der Waals surface area contributed by atoms with Gasteiger partial charge in [-0.05, 0) is 55.0 Å². The number of nitrogens with zero attached hydrogens (tertiary/aromatic N) is 2. The van der Waals surface area contributed by atoms with E-state index in [9.17, 15) is 0 Å². The number of aromatic nitrogens is 2. The monoisotopic (exact) mass is 268 g/mol. The SMILES string of the molecule is CCCCc1ccnc(-c2ccccn2)c1CCCC. The summed E-state index contributed by atoms with van der Waals surface area (Å²) in [6.07, 6.45) is 10.9. The van der Waals surface area contributed by atoms with E-state index in [0.717, 1.165) is 24.2 Å². The van der Waals surface area contributed by atoms with Crippen LogP contribution in [-0.4, -0.2) is 9.97 Å². The highest BCUT2D eigenvalue weighted by molar-refractivity contribution is 5.60. The second-order valence-electron chi connectivity index (χ2n) is 5.22. The van der Waals surface area contributed by atoms with Crippen molar-refractivity contribution >= 4 is 0 Å².